The third kappa shape index (κ3) is 3.17. The number of anilines is 1. The van der Waals surface area contributed by atoms with Gasteiger partial charge in [-0.05, 0) is 60.2 Å². The summed E-state index contributed by atoms with van der Waals surface area (Å²) in [5, 5.41) is 3.45. The van der Waals surface area contributed by atoms with Gasteiger partial charge in [0.15, 0.2) is 0 Å². The Hall–Kier alpha value is -1.03. The molecule has 110 valence electrons. The van der Waals surface area contributed by atoms with E-state index in [1.807, 2.05) is 31.2 Å². The van der Waals surface area contributed by atoms with Crippen molar-refractivity contribution in [3.05, 3.63) is 28.7 Å². The lowest BCUT2D eigenvalue weighted by Gasteiger charge is -2.30. The van der Waals surface area contributed by atoms with Crippen LogP contribution in [0.5, 0.6) is 0 Å². The van der Waals surface area contributed by atoms with E-state index in [1.54, 1.807) is 0 Å². The minimum Gasteiger partial charge on any atom is -0.464 e. The molecule has 2 unspecified atom stereocenters. The monoisotopic (exact) mass is 339 g/mol. The van der Waals surface area contributed by atoms with E-state index in [0.29, 0.717) is 12.5 Å². The van der Waals surface area contributed by atoms with Gasteiger partial charge in [-0.3, -0.25) is 0 Å². The van der Waals surface area contributed by atoms with Gasteiger partial charge in [0.05, 0.1) is 6.61 Å². The van der Waals surface area contributed by atoms with E-state index < -0.39 is 5.54 Å². The Morgan fingerprint density at radius 1 is 1.45 bits per heavy atom. The van der Waals surface area contributed by atoms with Crippen molar-refractivity contribution in [1.82, 2.24) is 0 Å². The smallest absolute Gasteiger partial charge is 0.331 e. The molecule has 0 amide bonds. The number of benzene rings is 1. The van der Waals surface area contributed by atoms with Gasteiger partial charge >= 0.3 is 5.97 Å². The molecular weight excluding hydrogens is 318 g/mol. The molecule has 1 saturated carbocycles. The molecule has 4 heteroatoms. The van der Waals surface area contributed by atoms with Crippen LogP contribution in [0.4, 0.5) is 5.69 Å². The van der Waals surface area contributed by atoms with Gasteiger partial charge in [-0.1, -0.05) is 25.5 Å². The maximum absolute atomic E-state index is 12.4. The van der Waals surface area contributed by atoms with Crippen LogP contribution in [0.15, 0.2) is 28.7 Å². The molecule has 20 heavy (non-hydrogen) atoms. The lowest BCUT2D eigenvalue weighted by atomic mass is 9.94. The van der Waals surface area contributed by atoms with Gasteiger partial charge in [-0.2, -0.15) is 0 Å². The molecule has 0 aliphatic heterocycles. The summed E-state index contributed by atoms with van der Waals surface area (Å²) in [6, 6.07) is 7.91. The first-order valence-electron chi connectivity index (χ1n) is 7.31. The lowest BCUT2D eigenvalue weighted by molar-refractivity contribution is -0.148. The minimum absolute atomic E-state index is 0.119. The largest absolute Gasteiger partial charge is 0.464 e. The van der Waals surface area contributed by atoms with Crippen molar-refractivity contribution in [2.75, 3.05) is 11.9 Å². The SMILES string of the molecule is CCOC(=O)C1(Nc2ccccc2Br)CCC(CC)C1. The Morgan fingerprint density at radius 2 is 2.20 bits per heavy atom. The molecular formula is C16H22BrNO2. The van der Waals surface area contributed by atoms with Gasteiger partial charge in [0, 0.05) is 10.2 Å². The fraction of sp³-hybridized carbons (Fsp3) is 0.562. The van der Waals surface area contributed by atoms with Gasteiger partial charge in [0.25, 0.3) is 0 Å². The van der Waals surface area contributed by atoms with Gasteiger partial charge in [-0.25, -0.2) is 4.79 Å². The highest BCUT2D eigenvalue weighted by molar-refractivity contribution is 9.10. The summed E-state index contributed by atoms with van der Waals surface area (Å²) >= 11 is 3.53. The number of esters is 1. The molecule has 2 atom stereocenters. The maximum atomic E-state index is 12.4. The van der Waals surface area contributed by atoms with E-state index >= 15 is 0 Å². The number of ether oxygens (including phenoxy) is 1. The highest BCUT2D eigenvalue weighted by Crippen LogP contribution is 2.40. The molecule has 2 rings (SSSR count). The number of nitrogens with one attached hydrogen (secondary N) is 1. The Labute approximate surface area is 129 Å². The van der Waals surface area contributed by atoms with E-state index in [2.05, 4.69) is 28.2 Å². The highest BCUT2D eigenvalue weighted by atomic mass is 79.9. The van der Waals surface area contributed by atoms with Crippen LogP contribution in [0, 0.1) is 5.92 Å². The van der Waals surface area contributed by atoms with E-state index in [-0.39, 0.29) is 5.97 Å². The van der Waals surface area contributed by atoms with Gasteiger partial charge in [0.1, 0.15) is 5.54 Å². The van der Waals surface area contributed by atoms with Crippen molar-refractivity contribution in [1.29, 1.82) is 0 Å². The standard InChI is InChI=1S/C16H22BrNO2/c1-3-12-9-10-16(11-12,15(19)20-4-2)18-14-8-6-5-7-13(14)17/h5-8,12,18H,3-4,9-11H2,1-2H3. The third-order valence-electron chi connectivity index (χ3n) is 4.11. The molecule has 1 aromatic carbocycles. The Morgan fingerprint density at radius 3 is 2.80 bits per heavy atom. The van der Waals surface area contributed by atoms with Crippen LogP contribution in [-0.4, -0.2) is 18.1 Å². The van der Waals surface area contributed by atoms with Crippen LogP contribution >= 0.6 is 15.9 Å². The average Bonchev–Trinajstić information content (AvgIpc) is 2.86. The summed E-state index contributed by atoms with van der Waals surface area (Å²) < 4.78 is 6.29. The molecule has 1 fully saturated rings. The molecule has 1 N–H and O–H groups in total. The van der Waals surface area contributed by atoms with E-state index in [4.69, 9.17) is 4.74 Å². The van der Waals surface area contributed by atoms with E-state index in [1.165, 1.54) is 0 Å². The lowest BCUT2D eigenvalue weighted by Crippen LogP contribution is -2.45. The molecule has 1 aliphatic carbocycles. The summed E-state index contributed by atoms with van der Waals surface area (Å²) in [7, 11) is 0. The molecule has 0 bridgehead atoms. The number of carbonyl (C=O) groups is 1. The second-order valence-electron chi connectivity index (χ2n) is 5.42. The highest BCUT2D eigenvalue weighted by Gasteiger charge is 2.46. The molecule has 0 heterocycles. The van der Waals surface area contributed by atoms with Crippen molar-refractivity contribution in [2.45, 2.75) is 45.1 Å². The third-order valence-corrected chi connectivity index (χ3v) is 4.80. The summed E-state index contributed by atoms with van der Waals surface area (Å²) in [4.78, 5) is 12.4. The number of hydrogen-bond donors (Lipinski definition) is 1. The van der Waals surface area contributed by atoms with Crippen LogP contribution in [-0.2, 0) is 9.53 Å². The van der Waals surface area contributed by atoms with Crippen molar-refractivity contribution in [2.24, 2.45) is 5.92 Å². The van der Waals surface area contributed by atoms with Crippen molar-refractivity contribution >= 4 is 27.6 Å². The Kier molecular flexibility index (Phi) is 5.08. The second-order valence-corrected chi connectivity index (χ2v) is 6.28. The zero-order valence-corrected chi connectivity index (χ0v) is 13.7. The van der Waals surface area contributed by atoms with Gasteiger partial charge in [0.2, 0.25) is 0 Å². The zero-order chi connectivity index (χ0) is 14.6. The van der Waals surface area contributed by atoms with Crippen LogP contribution < -0.4 is 5.32 Å². The molecule has 3 nitrogen and oxygen atoms in total. The topological polar surface area (TPSA) is 38.3 Å². The Bertz CT molecular complexity index is 477. The van der Waals surface area contributed by atoms with Crippen molar-refractivity contribution < 1.29 is 9.53 Å². The number of carbonyl (C=O) groups excluding carboxylic acids is 1. The van der Waals surface area contributed by atoms with Crippen LogP contribution in [0.1, 0.15) is 39.5 Å². The summed E-state index contributed by atoms with van der Waals surface area (Å²) in [6.45, 7) is 4.47. The normalized spacial score (nSPS) is 25.4. The first-order valence-corrected chi connectivity index (χ1v) is 8.10. The average molecular weight is 340 g/mol. The van der Waals surface area contributed by atoms with Crippen LogP contribution in [0.2, 0.25) is 0 Å². The first-order chi connectivity index (χ1) is 9.61. The molecule has 1 aliphatic rings. The summed E-state index contributed by atoms with van der Waals surface area (Å²) in [6.07, 6.45) is 3.88. The zero-order valence-electron chi connectivity index (χ0n) is 12.1. The van der Waals surface area contributed by atoms with Crippen molar-refractivity contribution in [3.63, 3.8) is 0 Å². The van der Waals surface area contributed by atoms with Gasteiger partial charge < -0.3 is 10.1 Å². The van der Waals surface area contributed by atoms with Crippen LogP contribution in [0.25, 0.3) is 0 Å². The fourth-order valence-corrected chi connectivity index (χ4v) is 3.32. The maximum Gasteiger partial charge on any atom is 0.331 e. The van der Waals surface area contributed by atoms with E-state index in [0.717, 1.165) is 35.8 Å². The van der Waals surface area contributed by atoms with E-state index in [9.17, 15) is 4.79 Å². The minimum atomic E-state index is -0.569. The van der Waals surface area contributed by atoms with Gasteiger partial charge in [-0.15, -0.1) is 0 Å². The van der Waals surface area contributed by atoms with Crippen LogP contribution in [0.3, 0.4) is 0 Å². The molecule has 0 radical (unpaired) electrons. The number of para-hydroxylation sites is 1. The molecule has 0 spiro atoms. The molecule has 0 saturated heterocycles. The number of hydrogen-bond acceptors (Lipinski definition) is 3. The quantitative estimate of drug-likeness (QED) is 0.809. The molecule has 0 aromatic heterocycles. The number of rotatable bonds is 5. The molecule has 1 aromatic rings. The fourth-order valence-electron chi connectivity index (χ4n) is 2.94. The summed E-state index contributed by atoms with van der Waals surface area (Å²) in [5.74, 6) is 0.473. The predicted octanol–water partition coefficient (Wildman–Crippen LogP) is 4.37. The first kappa shape index (κ1) is 15.4. The second kappa shape index (κ2) is 6.61. The predicted molar refractivity (Wildman–Crippen MR) is 84.8 cm³/mol. The number of halogens is 1. The summed E-state index contributed by atoms with van der Waals surface area (Å²) in [5.41, 5.74) is 0.387. The Balaban J connectivity index is 2.24. The van der Waals surface area contributed by atoms with Crippen molar-refractivity contribution in [3.8, 4) is 0 Å².